The third-order valence-electron chi connectivity index (χ3n) is 6.65. The molecule has 2 aromatic rings. The van der Waals surface area contributed by atoms with Crippen molar-refractivity contribution in [3.8, 4) is 28.4 Å². The van der Waals surface area contributed by atoms with E-state index in [0.717, 1.165) is 29.5 Å². The number of ether oxygens (including phenoxy) is 5. The lowest BCUT2D eigenvalue weighted by molar-refractivity contribution is -0.169. The second kappa shape index (κ2) is 9.33. The van der Waals surface area contributed by atoms with Crippen LogP contribution in [0.2, 0.25) is 0 Å². The Morgan fingerprint density at radius 3 is 2.45 bits per heavy atom. The summed E-state index contributed by atoms with van der Waals surface area (Å²) in [6.07, 6.45) is 3.00. The van der Waals surface area contributed by atoms with Crippen molar-refractivity contribution in [3.05, 3.63) is 41.5 Å². The van der Waals surface area contributed by atoms with E-state index in [0.29, 0.717) is 35.7 Å². The van der Waals surface area contributed by atoms with Crippen molar-refractivity contribution in [2.24, 2.45) is 5.41 Å². The van der Waals surface area contributed by atoms with Crippen LogP contribution in [0.4, 0.5) is 0 Å². The monoisotopic (exact) mass is 454 g/mol. The van der Waals surface area contributed by atoms with Gasteiger partial charge in [-0.15, -0.1) is 0 Å². The average Bonchev–Trinajstić information content (AvgIpc) is 3.18. The SMILES string of the molecule is CC[C@@H](C)OC(=O)C1(COc2c(-c3cccc4c3COC4=O)ccc(OC)c2OC)CCC1. The molecular formula is C26H30O7. The van der Waals surface area contributed by atoms with Crippen molar-refractivity contribution >= 4 is 11.9 Å². The van der Waals surface area contributed by atoms with Crippen molar-refractivity contribution < 1.29 is 33.3 Å². The lowest BCUT2D eigenvalue weighted by atomic mass is 9.69. The molecule has 0 amide bonds. The fourth-order valence-corrected chi connectivity index (χ4v) is 4.27. The van der Waals surface area contributed by atoms with Crippen molar-refractivity contribution in [3.63, 3.8) is 0 Å². The average molecular weight is 455 g/mol. The molecule has 0 N–H and O–H groups in total. The summed E-state index contributed by atoms with van der Waals surface area (Å²) >= 11 is 0. The number of hydrogen-bond donors (Lipinski definition) is 0. The molecule has 0 spiro atoms. The van der Waals surface area contributed by atoms with E-state index in [-0.39, 0.29) is 31.3 Å². The molecule has 0 unspecified atom stereocenters. The van der Waals surface area contributed by atoms with Crippen molar-refractivity contribution in [2.75, 3.05) is 20.8 Å². The Labute approximate surface area is 193 Å². The highest BCUT2D eigenvalue weighted by Crippen LogP contribution is 2.49. The smallest absolute Gasteiger partial charge is 0.338 e. The Bertz CT molecular complexity index is 1050. The molecule has 2 aromatic carbocycles. The minimum atomic E-state index is -0.674. The number of hydrogen-bond acceptors (Lipinski definition) is 7. The van der Waals surface area contributed by atoms with E-state index in [4.69, 9.17) is 23.7 Å². The fraction of sp³-hybridized carbons (Fsp3) is 0.462. The molecule has 1 aliphatic heterocycles. The molecule has 33 heavy (non-hydrogen) atoms. The molecule has 0 aromatic heterocycles. The highest BCUT2D eigenvalue weighted by Gasteiger charge is 2.47. The van der Waals surface area contributed by atoms with E-state index < -0.39 is 5.41 Å². The Morgan fingerprint density at radius 1 is 1.06 bits per heavy atom. The van der Waals surface area contributed by atoms with Crippen LogP contribution in [0.1, 0.15) is 55.5 Å². The molecule has 1 heterocycles. The van der Waals surface area contributed by atoms with Gasteiger partial charge in [-0.25, -0.2) is 4.79 Å². The second-order valence-electron chi connectivity index (χ2n) is 8.63. The number of carbonyl (C=O) groups is 2. The van der Waals surface area contributed by atoms with E-state index >= 15 is 0 Å². The molecule has 2 aliphatic rings. The van der Waals surface area contributed by atoms with Gasteiger partial charge in [0.2, 0.25) is 5.75 Å². The summed E-state index contributed by atoms with van der Waals surface area (Å²) in [7, 11) is 3.11. The highest BCUT2D eigenvalue weighted by atomic mass is 16.6. The molecule has 1 aliphatic carbocycles. The predicted molar refractivity (Wildman–Crippen MR) is 122 cm³/mol. The van der Waals surface area contributed by atoms with Gasteiger partial charge in [0, 0.05) is 11.1 Å². The summed E-state index contributed by atoms with van der Waals surface area (Å²) in [4.78, 5) is 25.0. The van der Waals surface area contributed by atoms with Crippen molar-refractivity contribution in [1.29, 1.82) is 0 Å². The van der Waals surface area contributed by atoms with E-state index in [1.165, 1.54) is 0 Å². The summed E-state index contributed by atoms with van der Waals surface area (Å²) in [6, 6.07) is 9.17. The fourth-order valence-electron chi connectivity index (χ4n) is 4.27. The molecule has 1 atom stereocenters. The maximum absolute atomic E-state index is 12.9. The molecule has 0 radical (unpaired) electrons. The molecule has 4 rings (SSSR count). The Hall–Kier alpha value is -3.22. The van der Waals surface area contributed by atoms with Gasteiger partial charge < -0.3 is 23.7 Å². The first-order valence-electron chi connectivity index (χ1n) is 11.3. The van der Waals surface area contributed by atoms with Gasteiger partial charge in [-0.1, -0.05) is 25.5 Å². The maximum Gasteiger partial charge on any atom is 0.338 e. The van der Waals surface area contributed by atoms with Crippen LogP contribution in [0, 0.1) is 5.41 Å². The highest BCUT2D eigenvalue weighted by molar-refractivity contribution is 5.96. The Kier molecular flexibility index (Phi) is 6.49. The normalized spacial score (nSPS) is 16.8. The molecule has 7 heteroatoms. The van der Waals surface area contributed by atoms with Crippen LogP contribution >= 0.6 is 0 Å². The molecular weight excluding hydrogens is 424 g/mol. The topological polar surface area (TPSA) is 80.3 Å². The summed E-state index contributed by atoms with van der Waals surface area (Å²) < 4.78 is 28.4. The number of fused-ring (bicyclic) bond motifs is 1. The largest absolute Gasteiger partial charge is 0.493 e. The molecule has 1 saturated carbocycles. The Balaban J connectivity index is 1.72. The standard InChI is InChI=1S/C26H30O7/c1-5-16(2)33-25(28)26(12-7-13-26)15-32-22-18(10-11-21(29-3)23(22)30-4)17-8-6-9-19-20(17)14-31-24(19)27/h6,8-11,16H,5,7,12-15H2,1-4H3/t16-/m1/s1. The van der Waals surface area contributed by atoms with Gasteiger partial charge in [-0.05, 0) is 49.9 Å². The van der Waals surface area contributed by atoms with E-state index in [9.17, 15) is 9.59 Å². The van der Waals surface area contributed by atoms with Gasteiger partial charge in [-0.3, -0.25) is 4.79 Å². The van der Waals surface area contributed by atoms with Crippen LogP contribution in [0.3, 0.4) is 0 Å². The summed E-state index contributed by atoms with van der Waals surface area (Å²) in [5.74, 6) is 0.859. The second-order valence-corrected chi connectivity index (χ2v) is 8.63. The van der Waals surface area contributed by atoms with Crippen molar-refractivity contribution in [2.45, 2.75) is 52.2 Å². The third-order valence-corrected chi connectivity index (χ3v) is 6.65. The number of methoxy groups -OCH3 is 2. The molecule has 0 saturated heterocycles. The predicted octanol–water partition coefficient (Wildman–Crippen LogP) is 4.93. The third kappa shape index (κ3) is 4.12. The van der Waals surface area contributed by atoms with E-state index in [1.807, 2.05) is 32.0 Å². The number of carbonyl (C=O) groups excluding carboxylic acids is 2. The first kappa shape index (κ1) is 23.0. The summed E-state index contributed by atoms with van der Waals surface area (Å²) in [5.41, 5.74) is 2.23. The van der Waals surface area contributed by atoms with Gasteiger partial charge in [0.15, 0.2) is 11.5 Å². The first-order valence-corrected chi connectivity index (χ1v) is 11.3. The number of rotatable bonds is 9. The van der Waals surface area contributed by atoms with Crippen LogP contribution in [-0.2, 0) is 20.9 Å². The molecule has 7 nitrogen and oxygen atoms in total. The van der Waals surface area contributed by atoms with Crippen LogP contribution < -0.4 is 14.2 Å². The van der Waals surface area contributed by atoms with E-state index in [2.05, 4.69) is 0 Å². The number of cyclic esters (lactones) is 1. The summed E-state index contributed by atoms with van der Waals surface area (Å²) in [6.45, 7) is 4.25. The van der Waals surface area contributed by atoms with Crippen molar-refractivity contribution in [1.82, 2.24) is 0 Å². The lowest BCUT2D eigenvalue weighted by Gasteiger charge is -2.39. The zero-order valence-corrected chi connectivity index (χ0v) is 19.6. The number of benzene rings is 2. The van der Waals surface area contributed by atoms with Crippen LogP contribution in [-0.4, -0.2) is 38.9 Å². The minimum Gasteiger partial charge on any atom is -0.493 e. The minimum absolute atomic E-state index is 0.138. The van der Waals surface area contributed by atoms with Crippen LogP contribution in [0.15, 0.2) is 30.3 Å². The van der Waals surface area contributed by atoms with Gasteiger partial charge in [0.25, 0.3) is 0 Å². The zero-order chi connectivity index (χ0) is 23.6. The molecule has 0 bridgehead atoms. The van der Waals surface area contributed by atoms with E-state index in [1.54, 1.807) is 26.4 Å². The zero-order valence-electron chi connectivity index (χ0n) is 19.6. The van der Waals surface area contributed by atoms with Gasteiger partial charge in [0.1, 0.15) is 18.6 Å². The molecule has 176 valence electrons. The summed E-state index contributed by atoms with van der Waals surface area (Å²) in [5, 5.41) is 0. The van der Waals surface area contributed by atoms with Gasteiger partial charge in [0.05, 0.1) is 25.9 Å². The quantitative estimate of drug-likeness (QED) is 0.497. The maximum atomic E-state index is 12.9. The molecule has 1 fully saturated rings. The number of esters is 2. The Morgan fingerprint density at radius 2 is 1.82 bits per heavy atom. The first-order chi connectivity index (χ1) is 15.9. The lowest BCUT2D eigenvalue weighted by Crippen LogP contribution is -2.45. The van der Waals surface area contributed by atoms with Crippen LogP contribution in [0.25, 0.3) is 11.1 Å². The van der Waals surface area contributed by atoms with Crippen LogP contribution in [0.5, 0.6) is 17.2 Å². The van der Waals surface area contributed by atoms with Gasteiger partial charge in [-0.2, -0.15) is 0 Å². The van der Waals surface area contributed by atoms with Gasteiger partial charge >= 0.3 is 11.9 Å².